The van der Waals surface area contributed by atoms with Gasteiger partial charge in [0.1, 0.15) is 6.54 Å². The summed E-state index contributed by atoms with van der Waals surface area (Å²) in [5.74, 6) is 0.254. The molecule has 2 aromatic rings. The number of nitrogens with zero attached hydrogens (tertiary/aromatic N) is 3. The van der Waals surface area contributed by atoms with Crippen LogP contribution in [0.25, 0.3) is 0 Å². The molecule has 0 saturated heterocycles. The molecule has 1 aromatic carbocycles. The Balaban J connectivity index is 1.55. The van der Waals surface area contributed by atoms with Gasteiger partial charge in [-0.25, -0.2) is 4.68 Å². The van der Waals surface area contributed by atoms with Gasteiger partial charge in [0, 0.05) is 11.6 Å². The number of carbonyl (C=O) groups is 2. The highest BCUT2D eigenvalue weighted by molar-refractivity contribution is 5.92. The summed E-state index contributed by atoms with van der Waals surface area (Å²) in [5.41, 5.74) is 2.94. The molecule has 1 aliphatic carbocycles. The number of hydrogen-bond acceptors (Lipinski definition) is 4. The lowest BCUT2D eigenvalue weighted by Crippen LogP contribution is -2.28. The summed E-state index contributed by atoms with van der Waals surface area (Å²) in [6.45, 7) is 4.01. The summed E-state index contributed by atoms with van der Waals surface area (Å²) >= 11 is 0. The second-order valence-electron chi connectivity index (χ2n) is 6.34. The van der Waals surface area contributed by atoms with E-state index in [0.29, 0.717) is 5.82 Å². The molecule has 1 aliphatic rings. The van der Waals surface area contributed by atoms with Crippen molar-refractivity contribution in [2.24, 2.45) is 5.92 Å². The average molecular weight is 327 g/mol. The van der Waals surface area contributed by atoms with Crippen LogP contribution >= 0.6 is 0 Å². The van der Waals surface area contributed by atoms with Crippen LogP contribution in [0.3, 0.4) is 0 Å². The molecule has 1 aromatic heterocycles. The molecule has 0 radical (unpaired) electrons. The maximum atomic E-state index is 12.1. The zero-order valence-corrected chi connectivity index (χ0v) is 13.9. The molecular weight excluding hydrogens is 306 g/mol. The van der Waals surface area contributed by atoms with Crippen LogP contribution in [-0.2, 0) is 16.1 Å². The first kappa shape index (κ1) is 16.2. The van der Waals surface area contributed by atoms with E-state index in [9.17, 15) is 9.59 Å². The zero-order chi connectivity index (χ0) is 17.1. The van der Waals surface area contributed by atoms with Crippen LogP contribution in [0.1, 0.15) is 30.4 Å². The van der Waals surface area contributed by atoms with Gasteiger partial charge in [0.2, 0.25) is 11.8 Å². The third-order valence-corrected chi connectivity index (χ3v) is 4.08. The largest absolute Gasteiger partial charge is 0.324 e. The van der Waals surface area contributed by atoms with E-state index >= 15 is 0 Å². The molecule has 0 unspecified atom stereocenters. The van der Waals surface area contributed by atoms with Gasteiger partial charge < -0.3 is 10.6 Å². The number of amides is 2. The van der Waals surface area contributed by atoms with Gasteiger partial charge in [-0.1, -0.05) is 17.7 Å². The Labute approximate surface area is 140 Å². The fourth-order valence-electron chi connectivity index (χ4n) is 2.73. The molecule has 7 heteroatoms. The molecule has 0 bridgehead atoms. The zero-order valence-electron chi connectivity index (χ0n) is 13.9. The maximum absolute atomic E-state index is 12.1. The van der Waals surface area contributed by atoms with Crippen LogP contribution in [0.5, 0.6) is 0 Å². The van der Waals surface area contributed by atoms with Crippen molar-refractivity contribution >= 4 is 23.3 Å². The van der Waals surface area contributed by atoms with Crippen LogP contribution < -0.4 is 10.6 Å². The second-order valence-corrected chi connectivity index (χ2v) is 6.34. The van der Waals surface area contributed by atoms with Gasteiger partial charge in [0.05, 0.1) is 6.20 Å². The highest BCUT2D eigenvalue weighted by Crippen LogP contribution is 2.27. The van der Waals surface area contributed by atoms with E-state index in [-0.39, 0.29) is 24.3 Å². The predicted molar refractivity (Wildman–Crippen MR) is 90.5 cm³/mol. The summed E-state index contributed by atoms with van der Waals surface area (Å²) < 4.78 is 1.41. The van der Waals surface area contributed by atoms with Crippen molar-refractivity contribution in [3.63, 3.8) is 0 Å². The fraction of sp³-hybridized carbons (Fsp3) is 0.412. The van der Waals surface area contributed by atoms with Crippen molar-refractivity contribution in [2.75, 3.05) is 10.6 Å². The van der Waals surface area contributed by atoms with Gasteiger partial charge in [0.15, 0.2) is 5.82 Å². The molecule has 24 heavy (non-hydrogen) atoms. The predicted octanol–water partition coefficient (Wildman–Crippen LogP) is 2.27. The molecule has 2 amide bonds. The Morgan fingerprint density at radius 1 is 1.17 bits per heavy atom. The average Bonchev–Trinajstić information content (AvgIpc) is 2.81. The van der Waals surface area contributed by atoms with Gasteiger partial charge in [-0.15, -0.1) is 5.10 Å². The Morgan fingerprint density at radius 3 is 2.50 bits per heavy atom. The number of benzene rings is 1. The molecule has 0 atom stereocenters. The summed E-state index contributed by atoms with van der Waals surface area (Å²) in [6, 6.07) is 5.87. The highest BCUT2D eigenvalue weighted by atomic mass is 16.2. The Kier molecular flexibility index (Phi) is 4.59. The number of rotatable bonds is 5. The van der Waals surface area contributed by atoms with E-state index in [1.54, 1.807) is 6.20 Å². The molecule has 0 spiro atoms. The third-order valence-electron chi connectivity index (χ3n) is 4.08. The minimum atomic E-state index is -0.193. The van der Waals surface area contributed by atoms with E-state index in [1.165, 1.54) is 4.68 Å². The van der Waals surface area contributed by atoms with Gasteiger partial charge >= 0.3 is 0 Å². The van der Waals surface area contributed by atoms with Crippen LogP contribution in [0.15, 0.2) is 24.4 Å². The molecule has 1 saturated carbocycles. The smallest absolute Gasteiger partial charge is 0.246 e. The van der Waals surface area contributed by atoms with E-state index in [2.05, 4.69) is 20.9 Å². The summed E-state index contributed by atoms with van der Waals surface area (Å²) in [6.07, 6.45) is 4.53. The van der Waals surface area contributed by atoms with Crippen molar-refractivity contribution in [1.82, 2.24) is 15.0 Å². The lowest BCUT2D eigenvalue weighted by molar-refractivity contribution is -0.122. The minimum Gasteiger partial charge on any atom is -0.324 e. The van der Waals surface area contributed by atoms with Crippen LogP contribution in [-0.4, -0.2) is 26.8 Å². The van der Waals surface area contributed by atoms with Crippen molar-refractivity contribution in [3.05, 3.63) is 35.5 Å². The molecule has 7 nitrogen and oxygen atoms in total. The van der Waals surface area contributed by atoms with E-state index in [4.69, 9.17) is 0 Å². The monoisotopic (exact) mass is 327 g/mol. The summed E-state index contributed by atoms with van der Waals surface area (Å²) in [7, 11) is 0. The quantitative estimate of drug-likeness (QED) is 0.881. The number of nitrogens with one attached hydrogen (secondary N) is 2. The first-order valence-corrected chi connectivity index (χ1v) is 8.09. The fourth-order valence-corrected chi connectivity index (χ4v) is 2.73. The van der Waals surface area contributed by atoms with Crippen LogP contribution in [0.4, 0.5) is 11.5 Å². The molecular formula is C17H21N5O2. The first-order valence-electron chi connectivity index (χ1n) is 8.09. The summed E-state index contributed by atoms with van der Waals surface area (Å²) in [5, 5.41) is 13.3. The number of anilines is 2. The van der Waals surface area contributed by atoms with E-state index < -0.39 is 0 Å². The minimum absolute atomic E-state index is 0.0204. The van der Waals surface area contributed by atoms with Crippen molar-refractivity contribution < 1.29 is 9.59 Å². The number of aryl methyl sites for hydroxylation is 2. The van der Waals surface area contributed by atoms with Crippen molar-refractivity contribution in [2.45, 2.75) is 39.7 Å². The maximum Gasteiger partial charge on any atom is 0.246 e. The standard InChI is InChI=1S/C17H21N5O2/c1-11-6-12(2)8-14(7-11)18-16(23)10-22-9-15(20-21-22)19-17(24)13-4-3-5-13/h6-9,13H,3-5,10H2,1-2H3,(H,18,23)(H,19,24). The Bertz CT molecular complexity index is 744. The lowest BCUT2D eigenvalue weighted by Gasteiger charge is -2.23. The number of hydrogen-bond donors (Lipinski definition) is 2. The van der Waals surface area contributed by atoms with Crippen LogP contribution in [0, 0.1) is 19.8 Å². The van der Waals surface area contributed by atoms with Gasteiger partial charge in [-0.2, -0.15) is 0 Å². The highest BCUT2D eigenvalue weighted by Gasteiger charge is 2.25. The van der Waals surface area contributed by atoms with Gasteiger partial charge in [-0.05, 0) is 49.9 Å². The third kappa shape index (κ3) is 3.98. The lowest BCUT2D eigenvalue weighted by atomic mass is 9.85. The Morgan fingerprint density at radius 2 is 1.88 bits per heavy atom. The SMILES string of the molecule is Cc1cc(C)cc(NC(=O)Cn2cc(NC(=O)C3CCC3)nn2)c1. The van der Waals surface area contributed by atoms with Crippen molar-refractivity contribution in [1.29, 1.82) is 0 Å². The van der Waals surface area contributed by atoms with Crippen LogP contribution in [0.2, 0.25) is 0 Å². The topological polar surface area (TPSA) is 88.9 Å². The number of aromatic nitrogens is 3. The molecule has 3 rings (SSSR count). The molecule has 2 N–H and O–H groups in total. The Hall–Kier alpha value is -2.70. The van der Waals surface area contributed by atoms with Gasteiger partial charge in [0.25, 0.3) is 0 Å². The van der Waals surface area contributed by atoms with Crippen molar-refractivity contribution in [3.8, 4) is 0 Å². The molecule has 126 valence electrons. The second kappa shape index (κ2) is 6.82. The normalized spacial score (nSPS) is 14.1. The van der Waals surface area contributed by atoms with Gasteiger partial charge in [-0.3, -0.25) is 9.59 Å². The molecule has 1 heterocycles. The number of carbonyl (C=O) groups excluding carboxylic acids is 2. The molecule has 1 fully saturated rings. The summed E-state index contributed by atoms with van der Waals surface area (Å²) in [4.78, 5) is 24.0. The molecule has 0 aliphatic heterocycles. The van der Waals surface area contributed by atoms with E-state index in [0.717, 1.165) is 36.1 Å². The first-order chi connectivity index (χ1) is 11.5. The van der Waals surface area contributed by atoms with E-state index in [1.807, 2.05) is 32.0 Å².